The van der Waals surface area contributed by atoms with E-state index < -0.39 is 9.84 Å². The second-order valence-electron chi connectivity index (χ2n) is 6.28. The molecule has 1 unspecified atom stereocenters. The monoisotopic (exact) mass is 369 g/mol. The van der Waals surface area contributed by atoms with Gasteiger partial charge in [0.1, 0.15) is 15.6 Å². The van der Waals surface area contributed by atoms with E-state index in [1.807, 2.05) is 13.0 Å². The molecule has 142 valence electrons. The van der Waals surface area contributed by atoms with E-state index in [-0.39, 0.29) is 11.9 Å². The largest absolute Gasteiger partial charge is 0.490 e. The summed E-state index contributed by atoms with van der Waals surface area (Å²) in [4.78, 5) is 4.17. The standard InChI is InChI=1S/C18H31N3O3S/c1-6-15(3)24-17-12-14(2)8-9-16(17)13-21-18(19-4)20-10-7-11-25(5,22)23/h8-9,12,15H,6-7,10-11,13H2,1-5H3,(H2,19,20,21). The molecule has 0 heterocycles. The molecular weight excluding hydrogens is 338 g/mol. The molecule has 1 aromatic carbocycles. The summed E-state index contributed by atoms with van der Waals surface area (Å²) >= 11 is 0. The highest BCUT2D eigenvalue weighted by Crippen LogP contribution is 2.22. The van der Waals surface area contributed by atoms with E-state index in [1.54, 1.807) is 7.05 Å². The molecule has 1 atom stereocenters. The maximum atomic E-state index is 11.1. The van der Waals surface area contributed by atoms with E-state index in [2.05, 4.69) is 41.6 Å². The predicted octanol–water partition coefficient (Wildman–Crippen LogP) is 2.27. The minimum absolute atomic E-state index is 0.161. The van der Waals surface area contributed by atoms with Gasteiger partial charge in [0, 0.05) is 32.0 Å². The second kappa shape index (κ2) is 10.3. The number of nitrogens with zero attached hydrogens (tertiary/aromatic N) is 1. The molecule has 0 saturated carbocycles. The van der Waals surface area contributed by atoms with Crippen LogP contribution in [0.5, 0.6) is 5.75 Å². The van der Waals surface area contributed by atoms with Gasteiger partial charge in [0.25, 0.3) is 0 Å². The number of guanidine groups is 1. The van der Waals surface area contributed by atoms with Crippen LogP contribution in [0.1, 0.15) is 37.8 Å². The predicted molar refractivity (Wildman–Crippen MR) is 104 cm³/mol. The van der Waals surface area contributed by atoms with Crippen molar-refractivity contribution >= 4 is 15.8 Å². The van der Waals surface area contributed by atoms with Gasteiger partial charge in [0.05, 0.1) is 11.9 Å². The SMILES string of the molecule is CCC(C)Oc1cc(C)ccc1CNC(=NC)NCCCS(C)(=O)=O. The van der Waals surface area contributed by atoms with E-state index in [0.29, 0.717) is 25.5 Å². The molecule has 0 aromatic heterocycles. The van der Waals surface area contributed by atoms with Crippen molar-refractivity contribution in [1.82, 2.24) is 10.6 Å². The molecule has 0 fully saturated rings. The van der Waals surface area contributed by atoms with Gasteiger partial charge < -0.3 is 15.4 Å². The number of rotatable bonds is 9. The Hall–Kier alpha value is -1.76. The zero-order valence-corrected chi connectivity index (χ0v) is 16.7. The summed E-state index contributed by atoms with van der Waals surface area (Å²) in [7, 11) is -1.23. The Kier molecular flexibility index (Phi) is 8.75. The molecule has 0 spiro atoms. The fraction of sp³-hybridized carbons (Fsp3) is 0.611. The van der Waals surface area contributed by atoms with Gasteiger partial charge in [-0.3, -0.25) is 4.99 Å². The van der Waals surface area contributed by atoms with Crippen LogP contribution < -0.4 is 15.4 Å². The maximum absolute atomic E-state index is 11.1. The molecule has 1 aromatic rings. The van der Waals surface area contributed by atoms with E-state index in [1.165, 1.54) is 6.26 Å². The van der Waals surface area contributed by atoms with Crippen molar-refractivity contribution in [3.8, 4) is 5.75 Å². The van der Waals surface area contributed by atoms with Crippen LogP contribution in [0.4, 0.5) is 0 Å². The van der Waals surface area contributed by atoms with Crippen molar-refractivity contribution in [3.05, 3.63) is 29.3 Å². The topological polar surface area (TPSA) is 79.8 Å². The third-order valence-corrected chi connectivity index (χ3v) is 4.81. The van der Waals surface area contributed by atoms with Crippen LogP contribution in [0, 0.1) is 6.92 Å². The van der Waals surface area contributed by atoms with Gasteiger partial charge in [-0.15, -0.1) is 0 Å². The molecule has 7 heteroatoms. The minimum atomic E-state index is -2.92. The number of sulfone groups is 1. The number of hydrogen-bond donors (Lipinski definition) is 2. The third-order valence-electron chi connectivity index (χ3n) is 3.78. The van der Waals surface area contributed by atoms with E-state index in [9.17, 15) is 8.42 Å². The zero-order chi connectivity index (χ0) is 18.9. The van der Waals surface area contributed by atoms with Crippen molar-refractivity contribution < 1.29 is 13.2 Å². The number of nitrogens with one attached hydrogen (secondary N) is 2. The van der Waals surface area contributed by atoms with Crippen LogP contribution in [0.2, 0.25) is 0 Å². The molecule has 0 aliphatic heterocycles. The Bertz CT molecular complexity index is 672. The van der Waals surface area contributed by atoms with Crippen LogP contribution in [-0.2, 0) is 16.4 Å². The fourth-order valence-electron chi connectivity index (χ4n) is 2.16. The normalized spacial score (nSPS) is 13.4. The van der Waals surface area contributed by atoms with Crippen molar-refractivity contribution in [2.75, 3.05) is 25.6 Å². The average Bonchev–Trinajstić information content (AvgIpc) is 2.54. The van der Waals surface area contributed by atoms with Crippen LogP contribution >= 0.6 is 0 Å². The lowest BCUT2D eigenvalue weighted by Crippen LogP contribution is -2.37. The van der Waals surface area contributed by atoms with E-state index >= 15 is 0 Å². The first kappa shape index (κ1) is 21.3. The summed E-state index contributed by atoms with van der Waals surface area (Å²) in [6, 6.07) is 6.16. The maximum Gasteiger partial charge on any atom is 0.191 e. The van der Waals surface area contributed by atoms with Crippen LogP contribution in [0.3, 0.4) is 0 Å². The summed E-state index contributed by atoms with van der Waals surface area (Å²) in [6.07, 6.45) is 2.90. The Morgan fingerprint density at radius 3 is 2.64 bits per heavy atom. The van der Waals surface area contributed by atoms with Gasteiger partial charge in [-0.1, -0.05) is 19.1 Å². The van der Waals surface area contributed by atoms with Crippen LogP contribution in [-0.4, -0.2) is 46.1 Å². The minimum Gasteiger partial charge on any atom is -0.490 e. The molecule has 1 rings (SSSR count). The summed E-state index contributed by atoms with van der Waals surface area (Å²) in [5.74, 6) is 1.69. The first-order valence-corrected chi connectivity index (χ1v) is 10.7. The summed E-state index contributed by atoms with van der Waals surface area (Å²) in [5, 5.41) is 6.37. The number of benzene rings is 1. The van der Waals surface area contributed by atoms with Gasteiger partial charge in [-0.25, -0.2) is 8.42 Å². The Morgan fingerprint density at radius 1 is 1.32 bits per heavy atom. The molecular formula is C18H31N3O3S. The molecule has 0 saturated heterocycles. The average molecular weight is 370 g/mol. The Balaban J connectivity index is 2.60. The first-order chi connectivity index (χ1) is 11.7. The summed E-state index contributed by atoms with van der Waals surface area (Å²) in [5.41, 5.74) is 2.22. The molecule has 0 aliphatic carbocycles. The smallest absolute Gasteiger partial charge is 0.191 e. The summed E-state index contributed by atoms with van der Waals surface area (Å²) < 4.78 is 28.3. The number of hydrogen-bond acceptors (Lipinski definition) is 4. The number of ether oxygens (including phenoxy) is 1. The van der Waals surface area contributed by atoms with Crippen LogP contribution in [0.15, 0.2) is 23.2 Å². The highest BCUT2D eigenvalue weighted by Gasteiger charge is 2.09. The summed E-state index contributed by atoms with van der Waals surface area (Å²) in [6.45, 7) is 7.33. The van der Waals surface area contributed by atoms with Crippen molar-refractivity contribution in [3.63, 3.8) is 0 Å². The van der Waals surface area contributed by atoms with Gasteiger partial charge in [0.15, 0.2) is 5.96 Å². The lowest BCUT2D eigenvalue weighted by molar-refractivity contribution is 0.215. The van der Waals surface area contributed by atoms with Crippen LogP contribution in [0.25, 0.3) is 0 Å². The van der Waals surface area contributed by atoms with Crippen molar-refractivity contribution in [2.24, 2.45) is 4.99 Å². The molecule has 25 heavy (non-hydrogen) atoms. The molecule has 0 bridgehead atoms. The third kappa shape index (κ3) is 8.77. The number of aliphatic imine (C=N–C) groups is 1. The molecule has 0 amide bonds. The highest BCUT2D eigenvalue weighted by molar-refractivity contribution is 7.90. The second-order valence-corrected chi connectivity index (χ2v) is 8.54. The molecule has 0 radical (unpaired) electrons. The Morgan fingerprint density at radius 2 is 2.04 bits per heavy atom. The van der Waals surface area contributed by atoms with Crippen molar-refractivity contribution in [1.29, 1.82) is 0 Å². The van der Waals surface area contributed by atoms with Gasteiger partial charge in [0.2, 0.25) is 0 Å². The highest BCUT2D eigenvalue weighted by atomic mass is 32.2. The van der Waals surface area contributed by atoms with E-state index in [0.717, 1.165) is 23.3 Å². The first-order valence-electron chi connectivity index (χ1n) is 8.63. The van der Waals surface area contributed by atoms with Crippen molar-refractivity contribution in [2.45, 2.75) is 46.3 Å². The van der Waals surface area contributed by atoms with Gasteiger partial charge in [-0.05, 0) is 38.3 Å². The molecule has 0 aliphatic rings. The lowest BCUT2D eigenvalue weighted by Gasteiger charge is -2.18. The lowest BCUT2D eigenvalue weighted by atomic mass is 10.1. The molecule has 2 N–H and O–H groups in total. The van der Waals surface area contributed by atoms with E-state index in [4.69, 9.17) is 4.74 Å². The van der Waals surface area contributed by atoms with Gasteiger partial charge in [-0.2, -0.15) is 0 Å². The fourth-order valence-corrected chi connectivity index (χ4v) is 2.83. The van der Waals surface area contributed by atoms with Gasteiger partial charge >= 0.3 is 0 Å². The molecule has 6 nitrogen and oxygen atoms in total. The Labute approximate surface area is 152 Å². The quantitative estimate of drug-likeness (QED) is 0.397. The zero-order valence-electron chi connectivity index (χ0n) is 15.9. The number of aryl methyl sites for hydroxylation is 1.